The van der Waals surface area contributed by atoms with Crippen molar-refractivity contribution in [3.05, 3.63) is 57.3 Å². The molecule has 0 atom stereocenters. The maximum absolute atomic E-state index is 12.4. The van der Waals surface area contributed by atoms with Crippen LogP contribution in [0.3, 0.4) is 0 Å². The molecule has 7 nitrogen and oxygen atoms in total. The monoisotopic (exact) mass is 418 g/mol. The molecule has 2 heterocycles. The highest BCUT2D eigenvalue weighted by Crippen LogP contribution is 2.35. The van der Waals surface area contributed by atoms with Crippen molar-refractivity contribution >= 4 is 34.1 Å². The molecule has 0 saturated heterocycles. The van der Waals surface area contributed by atoms with Crippen LogP contribution in [0.15, 0.2) is 41.1 Å². The summed E-state index contributed by atoms with van der Waals surface area (Å²) < 4.78 is 5.24. The van der Waals surface area contributed by atoms with Crippen molar-refractivity contribution in [1.82, 2.24) is 29.9 Å². The minimum absolute atomic E-state index is 0.149. The molecular weight excluding hydrogens is 404 g/mol. The number of amides is 1. The van der Waals surface area contributed by atoms with Crippen molar-refractivity contribution in [3.8, 4) is 5.69 Å². The zero-order valence-corrected chi connectivity index (χ0v) is 15.5. The average Bonchev–Trinajstić information content (AvgIpc) is 3.25. The lowest BCUT2D eigenvalue weighted by molar-refractivity contribution is 0.0949. The second-order valence-corrected chi connectivity index (χ2v) is 7.18. The second kappa shape index (κ2) is 6.57. The Morgan fingerprint density at radius 2 is 2.12 bits per heavy atom. The molecule has 1 aliphatic rings. The number of nitrogens with one attached hydrogen (secondary N) is 2. The van der Waals surface area contributed by atoms with Crippen LogP contribution in [0.2, 0.25) is 0 Å². The van der Waals surface area contributed by atoms with E-state index in [1.54, 1.807) is 23.0 Å². The predicted octanol–water partition coefficient (Wildman–Crippen LogP) is 3.15. The lowest BCUT2D eigenvalue weighted by Crippen LogP contribution is -2.24. The van der Waals surface area contributed by atoms with Gasteiger partial charge in [0.05, 0.1) is 22.9 Å². The van der Waals surface area contributed by atoms with Gasteiger partial charge >= 0.3 is 0 Å². The normalized spacial score (nSPS) is 13.8. The number of hydrogen-bond acceptors (Lipinski definition) is 4. The summed E-state index contributed by atoms with van der Waals surface area (Å²) in [6, 6.07) is 7.69. The third kappa shape index (κ3) is 3.42. The van der Waals surface area contributed by atoms with Gasteiger partial charge in [0.15, 0.2) is 10.6 Å². The fourth-order valence-corrected chi connectivity index (χ4v) is 3.23. The van der Waals surface area contributed by atoms with Crippen LogP contribution < -0.4 is 5.32 Å². The molecule has 0 spiro atoms. The van der Waals surface area contributed by atoms with Crippen LogP contribution in [-0.2, 0) is 6.54 Å². The zero-order chi connectivity index (χ0) is 17.4. The Bertz CT molecular complexity index is 969. The molecule has 128 valence electrons. The van der Waals surface area contributed by atoms with Gasteiger partial charge in [0.2, 0.25) is 0 Å². The predicted molar refractivity (Wildman–Crippen MR) is 98.1 cm³/mol. The van der Waals surface area contributed by atoms with Crippen LogP contribution in [0.4, 0.5) is 0 Å². The van der Waals surface area contributed by atoms with E-state index in [1.807, 2.05) is 22.9 Å². The number of hydrogen-bond donors (Lipinski definition) is 2. The van der Waals surface area contributed by atoms with E-state index in [1.165, 1.54) is 0 Å². The fraction of sp³-hybridized carbons (Fsp3) is 0.250. The highest BCUT2D eigenvalue weighted by Gasteiger charge is 2.27. The molecule has 2 aromatic heterocycles. The van der Waals surface area contributed by atoms with Gasteiger partial charge in [-0.2, -0.15) is 10.2 Å². The second-order valence-electron chi connectivity index (χ2n) is 5.88. The Morgan fingerprint density at radius 1 is 1.36 bits per heavy atom. The molecule has 1 aliphatic carbocycles. The number of H-pyrrole nitrogens is 1. The summed E-state index contributed by atoms with van der Waals surface area (Å²) in [6.45, 7) is 0.344. The van der Waals surface area contributed by atoms with Crippen LogP contribution in [-0.4, -0.2) is 30.5 Å². The molecule has 0 radical (unpaired) electrons. The van der Waals surface area contributed by atoms with Crippen molar-refractivity contribution in [2.75, 3.05) is 0 Å². The Balaban J connectivity index is 1.44. The topological polar surface area (TPSA) is 80.5 Å². The highest BCUT2D eigenvalue weighted by atomic mass is 79.9. The first kappa shape index (κ1) is 16.2. The summed E-state index contributed by atoms with van der Waals surface area (Å²) >= 11 is 8.61. The van der Waals surface area contributed by atoms with Crippen LogP contribution in [0, 0.1) is 4.77 Å². The summed E-state index contributed by atoms with van der Waals surface area (Å²) in [5.41, 5.74) is 1.47. The summed E-state index contributed by atoms with van der Waals surface area (Å²) in [6.07, 6.45) is 5.79. The molecule has 0 unspecified atom stereocenters. The van der Waals surface area contributed by atoms with Crippen molar-refractivity contribution < 1.29 is 4.79 Å². The number of carbonyl (C=O) groups excluding carboxylic acids is 1. The van der Waals surface area contributed by atoms with E-state index in [9.17, 15) is 4.79 Å². The van der Waals surface area contributed by atoms with Gasteiger partial charge in [0.1, 0.15) is 0 Å². The molecule has 1 aromatic carbocycles. The molecule has 1 amide bonds. The Hall–Kier alpha value is -2.26. The third-order valence-electron chi connectivity index (χ3n) is 4.04. The maximum atomic E-state index is 12.4. The highest BCUT2D eigenvalue weighted by molar-refractivity contribution is 9.10. The third-order valence-corrected chi connectivity index (χ3v) is 4.74. The van der Waals surface area contributed by atoms with E-state index in [0.717, 1.165) is 28.8 Å². The largest absolute Gasteiger partial charge is 0.345 e. The number of carbonyl (C=O) groups is 1. The lowest BCUT2D eigenvalue weighted by atomic mass is 10.2. The first-order valence-electron chi connectivity index (χ1n) is 7.86. The van der Waals surface area contributed by atoms with Crippen molar-refractivity contribution in [2.24, 2.45) is 0 Å². The molecule has 1 saturated carbocycles. The van der Waals surface area contributed by atoms with Gasteiger partial charge < -0.3 is 5.32 Å². The molecular formula is C16H15BrN6OS. The maximum Gasteiger partial charge on any atom is 0.251 e. The van der Waals surface area contributed by atoms with E-state index in [4.69, 9.17) is 12.2 Å². The van der Waals surface area contributed by atoms with Gasteiger partial charge in [-0.25, -0.2) is 4.68 Å². The number of nitrogens with zero attached hydrogens (tertiary/aromatic N) is 4. The van der Waals surface area contributed by atoms with E-state index in [0.29, 0.717) is 22.9 Å². The Morgan fingerprint density at radius 3 is 2.76 bits per heavy atom. The van der Waals surface area contributed by atoms with E-state index in [2.05, 4.69) is 36.5 Å². The van der Waals surface area contributed by atoms with Gasteiger partial charge in [0, 0.05) is 17.8 Å². The van der Waals surface area contributed by atoms with Gasteiger partial charge in [-0.1, -0.05) is 0 Å². The zero-order valence-electron chi connectivity index (χ0n) is 13.1. The van der Waals surface area contributed by atoms with Crippen molar-refractivity contribution in [3.63, 3.8) is 0 Å². The van der Waals surface area contributed by atoms with Gasteiger partial charge in [-0.3, -0.25) is 14.5 Å². The molecule has 9 heteroatoms. The molecule has 3 aromatic rings. The fourth-order valence-electron chi connectivity index (χ4n) is 2.64. The number of aromatic nitrogens is 5. The quantitative estimate of drug-likeness (QED) is 0.623. The van der Waals surface area contributed by atoms with Crippen LogP contribution in [0.1, 0.15) is 35.1 Å². The van der Waals surface area contributed by atoms with Crippen LogP contribution >= 0.6 is 28.1 Å². The van der Waals surface area contributed by atoms with Crippen LogP contribution in [0.5, 0.6) is 0 Å². The average molecular weight is 419 g/mol. The van der Waals surface area contributed by atoms with Gasteiger partial charge in [0.25, 0.3) is 5.91 Å². The summed E-state index contributed by atoms with van der Waals surface area (Å²) in [5, 5.41) is 14.1. The van der Waals surface area contributed by atoms with Crippen molar-refractivity contribution in [2.45, 2.75) is 25.4 Å². The molecule has 25 heavy (non-hydrogen) atoms. The molecule has 2 N–H and O–H groups in total. The van der Waals surface area contributed by atoms with Crippen LogP contribution in [0.25, 0.3) is 5.69 Å². The van der Waals surface area contributed by atoms with Gasteiger partial charge in [-0.05, 0) is 65.3 Å². The van der Waals surface area contributed by atoms with Crippen molar-refractivity contribution in [1.29, 1.82) is 0 Å². The summed E-state index contributed by atoms with van der Waals surface area (Å²) in [5.74, 6) is 0.614. The van der Waals surface area contributed by atoms with E-state index >= 15 is 0 Å². The van der Waals surface area contributed by atoms with E-state index in [-0.39, 0.29) is 5.91 Å². The Kier molecular flexibility index (Phi) is 4.26. The first-order chi connectivity index (χ1) is 12.1. The number of rotatable bonds is 5. The minimum Gasteiger partial charge on any atom is -0.345 e. The smallest absolute Gasteiger partial charge is 0.251 e. The number of halogens is 1. The molecule has 1 fully saturated rings. The standard InChI is InChI=1S/C16H15BrN6OS/c17-11-7-19-22(9-11)12-3-1-10(2-4-12)15(24)18-8-14-20-21-16(25)23(14)13-5-6-13/h1-4,7,9,13H,5-6,8H2,(H,18,24)(H,21,25). The van der Waals surface area contributed by atoms with E-state index < -0.39 is 0 Å². The molecule has 0 aliphatic heterocycles. The molecule has 0 bridgehead atoms. The number of aromatic amines is 1. The first-order valence-corrected chi connectivity index (χ1v) is 9.06. The SMILES string of the molecule is O=C(NCc1n[nH]c(=S)n1C1CC1)c1ccc(-n2cc(Br)cn2)cc1. The summed E-state index contributed by atoms with van der Waals surface area (Å²) in [7, 11) is 0. The number of benzene rings is 1. The van der Waals surface area contributed by atoms with Gasteiger partial charge in [-0.15, -0.1) is 0 Å². The minimum atomic E-state index is -0.149. The lowest BCUT2D eigenvalue weighted by Gasteiger charge is -2.08. The molecule has 4 rings (SSSR count). The Labute approximate surface area is 157 Å². The summed E-state index contributed by atoms with van der Waals surface area (Å²) in [4.78, 5) is 12.4.